The Morgan fingerprint density at radius 3 is 2.67 bits per heavy atom. The first-order chi connectivity index (χ1) is 8.41. The summed E-state index contributed by atoms with van der Waals surface area (Å²) in [5.41, 5.74) is 0.0449. The van der Waals surface area contributed by atoms with Gasteiger partial charge in [-0.25, -0.2) is 9.59 Å². The Morgan fingerprint density at radius 1 is 1.44 bits per heavy atom. The van der Waals surface area contributed by atoms with Gasteiger partial charge in [0, 0.05) is 12.5 Å². The molecule has 1 saturated heterocycles. The second kappa shape index (κ2) is 4.44. The number of likely N-dealkylation sites (tertiary alicyclic amines) is 1. The Bertz CT molecular complexity index is 366. The van der Waals surface area contributed by atoms with Crippen molar-refractivity contribution < 1.29 is 19.4 Å². The predicted octanol–water partition coefficient (Wildman–Crippen LogP) is 1.96. The van der Waals surface area contributed by atoms with Crippen LogP contribution >= 0.6 is 0 Å². The summed E-state index contributed by atoms with van der Waals surface area (Å²) < 4.78 is 5.11. The molecule has 2 aliphatic rings. The van der Waals surface area contributed by atoms with Gasteiger partial charge in [0.15, 0.2) is 0 Å². The van der Waals surface area contributed by atoms with Gasteiger partial charge in [-0.2, -0.15) is 0 Å². The number of nitrogens with zero attached hydrogens (tertiary/aromatic N) is 1. The van der Waals surface area contributed by atoms with Crippen LogP contribution in [-0.4, -0.2) is 41.3 Å². The average molecular weight is 255 g/mol. The number of rotatable bonds is 4. The fourth-order valence-corrected chi connectivity index (χ4v) is 3.14. The molecular weight excluding hydrogens is 234 g/mol. The van der Waals surface area contributed by atoms with Gasteiger partial charge < -0.3 is 9.84 Å². The summed E-state index contributed by atoms with van der Waals surface area (Å²) >= 11 is 0. The second-order valence-corrected chi connectivity index (χ2v) is 5.86. The highest BCUT2D eigenvalue weighted by molar-refractivity contribution is 5.82. The smallest absolute Gasteiger partial charge is 0.410 e. The number of fused-ring (bicyclic) bond motifs is 1. The number of ether oxygens (including phenoxy) is 1. The van der Waals surface area contributed by atoms with E-state index in [2.05, 4.69) is 13.8 Å². The minimum Gasteiger partial charge on any atom is -0.480 e. The van der Waals surface area contributed by atoms with E-state index in [4.69, 9.17) is 4.74 Å². The van der Waals surface area contributed by atoms with Crippen molar-refractivity contribution in [2.24, 2.45) is 17.3 Å². The fraction of sp³-hybridized carbons (Fsp3) is 0.846. The van der Waals surface area contributed by atoms with Crippen molar-refractivity contribution in [1.29, 1.82) is 0 Å². The molecule has 1 aliphatic heterocycles. The number of hydrogen-bond donors (Lipinski definition) is 1. The first-order valence-corrected chi connectivity index (χ1v) is 6.57. The van der Waals surface area contributed by atoms with E-state index in [9.17, 15) is 14.7 Å². The van der Waals surface area contributed by atoms with E-state index in [0.29, 0.717) is 19.1 Å². The molecule has 0 unspecified atom stereocenters. The van der Waals surface area contributed by atoms with Gasteiger partial charge in [-0.05, 0) is 17.8 Å². The minimum atomic E-state index is -0.916. The number of aliphatic carboxylic acids is 1. The van der Waals surface area contributed by atoms with Gasteiger partial charge >= 0.3 is 12.1 Å². The molecule has 2 rings (SSSR count). The molecule has 3 atom stereocenters. The van der Waals surface area contributed by atoms with E-state index in [0.717, 1.165) is 12.8 Å². The molecule has 1 amide bonds. The zero-order valence-corrected chi connectivity index (χ0v) is 11.2. The predicted molar refractivity (Wildman–Crippen MR) is 65.1 cm³/mol. The van der Waals surface area contributed by atoms with Crippen LogP contribution < -0.4 is 0 Å². The first-order valence-electron chi connectivity index (χ1n) is 6.57. The molecule has 5 heteroatoms. The van der Waals surface area contributed by atoms with Crippen LogP contribution in [0.2, 0.25) is 0 Å². The Labute approximate surface area is 107 Å². The van der Waals surface area contributed by atoms with Crippen LogP contribution in [0.5, 0.6) is 0 Å². The Morgan fingerprint density at radius 2 is 2.11 bits per heavy atom. The summed E-state index contributed by atoms with van der Waals surface area (Å²) in [6, 6.07) is -0.709. The number of piperidine rings is 1. The summed E-state index contributed by atoms with van der Waals surface area (Å²) in [5.74, 6) is -0.536. The summed E-state index contributed by atoms with van der Waals surface area (Å²) in [6.07, 6.45) is 1.29. The van der Waals surface area contributed by atoms with Gasteiger partial charge in [-0.1, -0.05) is 27.2 Å². The number of carbonyl (C=O) groups is 2. The number of carboxylic acids is 1. The molecule has 5 nitrogen and oxygen atoms in total. The van der Waals surface area contributed by atoms with Crippen molar-refractivity contribution in [3.05, 3.63) is 0 Å². The zero-order valence-electron chi connectivity index (χ0n) is 11.2. The summed E-state index contributed by atoms with van der Waals surface area (Å²) in [4.78, 5) is 24.6. The lowest BCUT2D eigenvalue weighted by Crippen LogP contribution is -2.45. The number of carboxylic acid groups (broad SMARTS) is 1. The number of carbonyl (C=O) groups excluding carboxylic acids is 1. The van der Waals surface area contributed by atoms with E-state index in [1.54, 1.807) is 0 Å². The molecule has 2 fully saturated rings. The molecule has 1 heterocycles. The van der Waals surface area contributed by atoms with Gasteiger partial charge in [-0.3, -0.25) is 4.90 Å². The van der Waals surface area contributed by atoms with Crippen molar-refractivity contribution in [3.63, 3.8) is 0 Å². The molecule has 1 N–H and O–H groups in total. The van der Waals surface area contributed by atoms with Crippen LogP contribution in [-0.2, 0) is 9.53 Å². The molecule has 0 spiro atoms. The molecule has 1 aliphatic carbocycles. The highest BCUT2D eigenvalue weighted by Crippen LogP contribution is 2.64. The zero-order chi connectivity index (χ0) is 13.5. The van der Waals surface area contributed by atoms with Crippen molar-refractivity contribution in [1.82, 2.24) is 4.90 Å². The standard InChI is InChI=1S/C13H21NO4/c1-4-5-6-18-12(17)14-7-8-9(13(8,2)3)10(14)11(15)16/h8-10H,4-7H2,1-3H3,(H,15,16)/t8-,9-,10-/m0/s1. The maximum absolute atomic E-state index is 11.9. The van der Waals surface area contributed by atoms with Gasteiger partial charge in [0.1, 0.15) is 6.04 Å². The average Bonchev–Trinajstić information content (AvgIpc) is 2.69. The maximum Gasteiger partial charge on any atom is 0.410 e. The quantitative estimate of drug-likeness (QED) is 0.780. The molecular formula is C13H21NO4. The largest absolute Gasteiger partial charge is 0.480 e. The molecule has 0 radical (unpaired) electrons. The van der Waals surface area contributed by atoms with Crippen LogP contribution in [0, 0.1) is 17.3 Å². The topological polar surface area (TPSA) is 66.8 Å². The maximum atomic E-state index is 11.9. The van der Waals surface area contributed by atoms with Gasteiger partial charge in [0.05, 0.1) is 6.61 Å². The molecule has 0 aromatic rings. The number of hydrogen-bond acceptors (Lipinski definition) is 3. The monoisotopic (exact) mass is 255 g/mol. The van der Waals surface area contributed by atoms with Crippen LogP contribution in [0.4, 0.5) is 4.79 Å². The minimum absolute atomic E-state index is 0.0449. The third kappa shape index (κ3) is 1.95. The molecule has 0 aromatic carbocycles. The lowest BCUT2D eigenvalue weighted by Gasteiger charge is -2.27. The van der Waals surface area contributed by atoms with Crippen LogP contribution in [0.25, 0.3) is 0 Å². The first kappa shape index (κ1) is 13.2. The molecule has 1 saturated carbocycles. The SMILES string of the molecule is CCCCOC(=O)N1C[C@H]2[C@@H]([C@H]1C(=O)O)C2(C)C. The van der Waals surface area contributed by atoms with Crippen LogP contribution in [0.1, 0.15) is 33.6 Å². The van der Waals surface area contributed by atoms with Gasteiger partial charge in [0.2, 0.25) is 0 Å². The third-order valence-electron chi connectivity index (χ3n) is 4.42. The van der Waals surface area contributed by atoms with Crippen molar-refractivity contribution in [2.45, 2.75) is 39.7 Å². The fourth-order valence-electron chi connectivity index (χ4n) is 3.14. The van der Waals surface area contributed by atoms with Gasteiger partial charge in [-0.15, -0.1) is 0 Å². The van der Waals surface area contributed by atoms with Crippen LogP contribution in [0.15, 0.2) is 0 Å². The summed E-state index contributed by atoms with van der Waals surface area (Å²) in [5, 5.41) is 9.28. The van der Waals surface area contributed by atoms with Crippen molar-refractivity contribution in [3.8, 4) is 0 Å². The Hall–Kier alpha value is -1.26. The Kier molecular flexibility index (Phi) is 3.25. The number of amides is 1. The number of unbranched alkanes of at least 4 members (excludes halogenated alkanes) is 1. The normalized spacial score (nSPS) is 31.9. The third-order valence-corrected chi connectivity index (χ3v) is 4.42. The lowest BCUT2D eigenvalue weighted by atomic mass is 10.0. The second-order valence-electron chi connectivity index (χ2n) is 5.86. The van der Waals surface area contributed by atoms with Crippen LogP contribution in [0.3, 0.4) is 0 Å². The van der Waals surface area contributed by atoms with Crippen molar-refractivity contribution >= 4 is 12.1 Å². The van der Waals surface area contributed by atoms with E-state index in [1.165, 1.54) is 4.90 Å². The highest BCUT2D eigenvalue weighted by atomic mass is 16.6. The molecule has 0 bridgehead atoms. The summed E-state index contributed by atoms with van der Waals surface area (Å²) in [6.45, 7) is 7.04. The molecule has 102 valence electrons. The van der Waals surface area contributed by atoms with E-state index in [1.807, 2.05) is 6.92 Å². The summed E-state index contributed by atoms with van der Waals surface area (Å²) in [7, 11) is 0. The Balaban J connectivity index is 1.98. The van der Waals surface area contributed by atoms with Crippen molar-refractivity contribution in [2.75, 3.05) is 13.2 Å². The lowest BCUT2D eigenvalue weighted by molar-refractivity contribution is -0.143. The molecule has 0 aromatic heterocycles. The van der Waals surface area contributed by atoms with E-state index in [-0.39, 0.29) is 11.3 Å². The highest BCUT2D eigenvalue weighted by Gasteiger charge is 2.69. The molecule has 18 heavy (non-hydrogen) atoms. The van der Waals surface area contributed by atoms with E-state index < -0.39 is 18.1 Å². The van der Waals surface area contributed by atoms with E-state index >= 15 is 0 Å². The van der Waals surface area contributed by atoms with Gasteiger partial charge in [0.25, 0.3) is 0 Å².